The Morgan fingerprint density at radius 1 is 1.11 bits per heavy atom. The van der Waals surface area contributed by atoms with Gasteiger partial charge in [-0.15, -0.1) is 11.8 Å². The van der Waals surface area contributed by atoms with Gasteiger partial charge in [0.1, 0.15) is 24.7 Å². The van der Waals surface area contributed by atoms with Crippen LogP contribution in [0.4, 0.5) is 8.78 Å². The minimum atomic E-state index is -1.08. The Kier molecular flexibility index (Phi) is 8.83. The number of carbonyl (C=O) groups excluding carboxylic acids is 1. The van der Waals surface area contributed by atoms with E-state index in [0.29, 0.717) is 34.1 Å². The van der Waals surface area contributed by atoms with Crippen molar-refractivity contribution in [3.05, 3.63) is 71.7 Å². The molecule has 0 saturated carbocycles. The molecule has 1 amide bonds. The summed E-state index contributed by atoms with van der Waals surface area (Å²) < 4.78 is 38.8. The lowest BCUT2D eigenvalue weighted by Crippen LogP contribution is -2.41. The van der Waals surface area contributed by atoms with Crippen molar-refractivity contribution in [2.75, 3.05) is 32.4 Å². The fraction of sp³-hybridized carbons (Fsp3) is 0.333. The smallest absolute Gasteiger partial charge is 0.323 e. The van der Waals surface area contributed by atoms with Crippen molar-refractivity contribution < 1.29 is 32.6 Å². The Labute approximate surface area is 217 Å². The van der Waals surface area contributed by atoms with E-state index in [9.17, 15) is 23.5 Å². The summed E-state index contributed by atoms with van der Waals surface area (Å²) in [6.07, 6.45) is 3.56. The normalized spacial score (nSPS) is 13.9. The fourth-order valence-corrected chi connectivity index (χ4v) is 4.91. The van der Waals surface area contributed by atoms with Crippen LogP contribution in [0.25, 0.3) is 11.1 Å². The zero-order valence-corrected chi connectivity index (χ0v) is 21.2. The van der Waals surface area contributed by atoms with Gasteiger partial charge in [0.25, 0.3) is 5.91 Å². The summed E-state index contributed by atoms with van der Waals surface area (Å²) in [6, 6.07) is 12.4. The Bertz CT molecular complexity index is 1240. The molecule has 0 bridgehead atoms. The summed E-state index contributed by atoms with van der Waals surface area (Å²) in [7, 11) is 0. The molecule has 2 N–H and O–H groups in total. The van der Waals surface area contributed by atoms with Gasteiger partial charge < -0.3 is 24.5 Å². The minimum Gasteiger partial charge on any atom is -0.486 e. The van der Waals surface area contributed by atoms with Crippen LogP contribution in [0.1, 0.15) is 29.2 Å². The van der Waals surface area contributed by atoms with E-state index < -0.39 is 30.1 Å². The predicted octanol–water partition coefficient (Wildman–Crippen LogP) is 5.05. The summed E-state index contributed by atoms with van der Waals surface area (Å²) in [5.41, 5.74) is 1.30. The van der Waals surface area contributed by atoms with Crippen molar-refractivity contribution in [3.8, 4) is 16.9 Å². The van der Waals surface area contributed by atoms with Gasteiger partial charge in [-0.1, -0.05) is 12.1 Å². The molecular formula is C27H28F2N2O5S. The number of furan rings is 1. The molecule has 37 heavy (non-hydrogen) atoms. The lowest BCUT2D eigenvalue weighted by Gasteiger charge is -2.28. The highest BCUT2D eigenvalue weighted by Crippen LogP contribution is 2.33. The van der Waals surface area contributed by atoms with E-state index in [-0.39, 0.29) is 18.3 Å². The molecule has 4 rings (SSSR count). The van der Waals surface area contributed by atoms with Gasteiger partial charge in [0.15, 0.2) is 17.4 Å². The van der Waals surface area contributed by atoms with Crippen molar-refractivity contribution >= 4 is 23.6 Å². The number of thioether (sulfide) groups is 1. The second kappa shape index (κ2) is 12.2. The van der Waals surface area contributed by atoms with Crippen molar-refractivity contribution in [1.82, 2.24) is 10.2 Å². The van der Waals surface area contributed by atoms with Crippen LogP contribution < -0.4 is 10.1 Å². The van der Waals surface area contributed by atoms with Crippen molar-refractivity contribution in [3.63, 3.8) is 0 Å². The molecule has 0 radical (unpaired) electrons. The number of carboxylic acid groups (broad SMARTS) is 1. The molecule has 1 fully saturated rings. The van der Waals surface area contributed by atoms with Crippen LogP contribution in [0.3, 0.4) is 0 Å². The van der Waals surface area contributed by atoms with Crippen molar-refractivity contribution in [2.24, 2.45) is 5.92 Å². The number of hydrogen-bond acceptors (Lipinski definition) is 6. The number of halogens is 2. The second-order valence-electron chi connectivity index (χ2n) is 8.82. The van der Waals surface area contributed by atoms with E-state index in [1.807, 2.05) is 0 Å². The van der Waals surface area contributed by atoms with Crippen LogP contribution in [-0.4, -0.2) is 54.3 Å². The van der Waals surface area contributed by atoms with E-state index in [2.05, 4.69) is 5.32 Å². The number of hydrogen-bond donors (Lipinski definition) is 2. The van der Waals surface area contributed by atoms with E-state index in [1.165, 1.54) is 34.9 Å². The van der Waals surface area contributed by atoms with E-state index in [4.69, 9.17) is 9.15 Å². The largest absolute Gasteiger partial charge is 0.486 e. The number of ether oxygens (including phenoxy) is 1. The number of carboxylic acids is 1. The number of carbonyl (C=O) groups is 2. The van der Waals surface area contributed by atoms with E-state index in [1.54, 1.807) is 36.6 Å². The maximum absolute atomic E-state index is 13.8. The predicted molar refractivity (Wildman–Crippen MR) is 136 cm³/mol. The zero-order valence-electron chi connectivity index (χ0n) is 20.3. The average molecular weight is 531 g/mol. The number of aliphatic carboxylic acids is 1. The third-order valence-electron chi connectivity index (χ3n) is 6.21. The van der Waals surface area contributed by atoms with Gasteiger partial charge in [0, 0.05) is 11.4 Å². The average Bonchev–Trinajstić information content (AvgIpc) is 3.38. The van der Waals surface area contributed by atoms with Crippen LogP contribution in [0.5, 0.6) is 5.75 Å². The number of rotatable bonds is 10. The van der Waals surface area contributed by atoms with Crippen LogP contribution in [0, 0.1) is 17.6 Å². The third kappa shape index (κ3) is 6.90. The maximum atomic E-state index is 13.8. The van der Waals surface area contributed by atoms with Crippen LogP contribution >= 0.6 is 11.8 Å². The van der Waals surface area contributed by atoms with Gasteiger partial charge in [-0.25, -0.2) is 8.78 Å². The van der Waals surface area contributed by atoms with Crippen molar-refractivity contribution in [1.29, 1.82) is 0 Å². The first-order chi connectivity index (χ1) is 17.8. The lowest BCUT2D eigenvalue weighted by molar-refractivity contribution is -0.137. The van der Waals surface area contributed by atoms with Gasteiger partial charge >= 0.3 is 5.97 Å². The molecule has 0 aliphatic carbocycles. The highest BCUT2D eigenvalue weighted by molar-refractivity contribution is 7.98. The molecule has 0 unspecified atom stereocenters. The topological polar surface area (TPSA) is 92.0 Å². The van der Waals surface area contributed by atoms with Crippen LogP contribution in [0.15, 0.2) is 57.8 Å². The quantitative estimate of drug-likeness (QED) is 0.355. The lowest BCUT2D eigenvalue weighted by atomic mass is 9.97. The highest BCUT2D eigenvalue weighted by Gasteiger charge is 2.25. The molecule has 1 aliphatic rings. The Hall–Kier alpha value is -3.37. The zero-order chi connectivity index (χ0) is 26.4. The molecule has 7 nitrogen and oxygen atoms in total. The molecule has 3 aromatic rings. The molecular weight excluding hydrogens is 502 g/mol. The van der Waals surface area contributed by atoms with Crippen LogP contribution in [0.2, 0.25) is 0 Å². The molecule has 196 valence electrons. The number of benzene rings is 2. The second-order valence-corrected chi connectivity index (χ2v) is 9.67. The molecule has 10 heteroatoms. The molecule has 0 atom stereocenters. The van der Waals surface area contributed by atoms with Crippen LogP contribution in [-0.2, 0) is 11.4 Å². The number of nitrogens with one attached hydrogen (secondary N) is 1. The van der Waals surface area contributed by atoms with Crippen molar-refractivity contribution in [2.45, 2.75) is 24.3 Å². The Morgan fingerprint density at radius 3 is 2.49 bits per heavy atom. The summed E-state index contributed by atoms with van der Waals surface area (Å²) >= 11 is 1.33. The summed E-state index contributed by atoms with van der Waals surface area (Å²) in [5, 5.41) is 12.5. The standard InChI is InChI=1S/C27H28F2N2O5S/c1-37-25-13-23(29)22(28)12-21(25)18-2-4-19(5-3-18)35-16-20-6-7-24(36-20)27(34)31(15-26(32)33)14-17-8-10-30-11-9-17/h2-7,12-13,17,30H,8-11,14-16H2,1H3,(H,32,33). The molecule has 2 heterocycles. The van der Waals surface area contributed by atoms with Gasteiger partial charge in [-0.2, -0.15) is 0 Å². The van der Waals surface area contributed by atoms with E-state index >= 15 is 0 Å². The molecule has 0 spiro atoms. The van der Waals surface area contributed by atoms with Gasteiger partial charge in [0.2, 0.25) is 0 Å². The number of amides is 1. The van der Waals surface area contributed by atoms with Gasteiger partial charge in [-0.3, -0.25) is 9.59 Å². The molecule has 2 aromatic carbocycles. The Morgan fingerprint density at radius 2 is 1.81 bits per heavy atom. The monoisotopic (exact) mass is 530 g/mol. The fourth-order valence-electron chi connectivity index (χ4n) is 4.29. The summed E-state index contributed by atoms with van der Waals surface area (Å²) in [6.45, 7) is 1.73. The first-order valence-corrected chi connectivity index (χ1v) is 13.1. The number of piperidine rings is 1. The summed E-state index contributed by atoms with van der Waals surface area (Å²) in [4.78, 5) is 26.3. The SMILES string of the molecule is CSc1cc(F)c(F)cc1-c1ccc(OCc2ccc(C(=O)N(CC(=O)O)CC3CCNCC3)o2)cc1. The molecule has 1 aromatic heterocycles. The number of nitrogens with zero attached hydrogens (tertiary/aromatic N) is 1. The molecule has 1 aliphatic heterocycles. The maximum Gasteiger partial charge on any atom is 0.323 e. The third-order valence-corrected chi connectivity index (χ3v) is 6.99. The minimum absolute atomic E-state index is 0.0566. The first-order valence-electron chi connectivity index (χ1n) is 11.9. The van der Waals surface area contributed by atoms with E-state index in [0.717, 1.165) is 25.9 Å². The molecule has 1 saturated heterocycles. The Balaban J connectivity index is 1.39. The highest BCUT2D eigenvalue weighted by atomic mass is 32.2. The van der Waals surface area contributed by atoms with Gasteiger partial charge in [0.05, 0.1) is 0 Å². The first kappa shape index (κ1) is 26.7. The summed E-state index contributed by atoms with van der Waals surface area (Å²) in [5.74, 6) is -2.09. The van der Waals surface area contributed by atoms with Gasteiger partial charge in [-0.05, 0) is 85.6 Å².